The van der Waals surface area contributed by atoms with E-state index in [0.717, 1.165) is 11.8 Å². The lowest BCUT2D eigenvalue weighted by molar-refractivity contribution is 0.418. The molecule has 0 aliphatic carbocycles. The summed E-state index contributed by atoms with van der Waals surface area (Å²) < 4.78 is 0. The first-order chi connectivity index (χ1) is 6.70. The van der Waals surface area contributed by atoms with Gasteiger partial charge in [-0.15, -0.1) is 0 Å². The van der Waals surface area contributed by atoms with Gasteiger partial charge in [0.25, 0.3) is 0 Å². The second-order valence-corrected chi connectivity index (χ2v) is 4.69. The zero-order chi connectivity index (χ0) is 10.8. The van der Waals surface area contributed by atoms with Gasteiger partial charge in [-0.1, -0.05) is 65.0 Å². The third-order valence-electron chi connectivity index (χ3n) is 2.85. The van der Waals surface area contributed by atoms with Gasteiger partial charge in [-0.25, -0.2) is 0 Å². The van der Waals surface area contributed by atoms with Crippen LogP contribution in [0.4, 0.5) is 0 Å². The fourth-order valence-corrected chi connectivity index (χ4v) is 2.08. The molecule has 0 saturated carbocycles. The molecule has 0 aliphatic heterocycles. The minimum Gasteiger partial charge on any atom is -0.0914 e. The highest BCUT2D eigenvalue weighted by Gasteiger charge is 2.05. The molecule has 0 aromatic rings. The van der Waals surface area contributed by atoms with Gasteiger partial charge < -0.3 is 0 Å². The van der Waals surface area contributed by atoms with Crippen molar-refractivity contribution < 1.29 is 0 Å². The van der Waals surface area contributed by atoms with Crippen LogP contribution < -0.4 is 0 Å². The Labute approximate surface area is 90.8 Å². The highest BCUT2D eigenvalue weighted by atomic mass is 14.1. The maximum atomic E-state index is 2.39. The van der Waals surface area contributed by atoms with Gasteiger partial charge in [0.05, 0.1) is 0 Å². The van der Waals surface area contributed by atoms with E-state index >= 15 is 0 Å². The molecule has 14 heavy (non-hydrogen) atoms. The molecule has 0 heteroatoms. The Morgan fingerprint density at radius 3 is 2.36 bits per heavy atom. The number of hydrogen-bond donors (Lipinski definition) is 0. The standard InChI is InChI=1S/C14H28/c1-5-7-8-9-11-14(4)12-13(3)10-6-2/h6,10,13-14H,5,7-9,11-12H2,1-4H3/b10-6+. The van der Waals surface area contributed by atoms with Crippen LogP contribution in [0.15, 0.2) is 12.2 Å². The molecule has 0 aromatic heterocycles. The van der Waals surface area contributed by atoms with Gasteiger partial charge >= 0.3 is 0 Å². The Bertz CT molecular complexity index is 135. The van der Waals surface area contributed by atoms with Crippen molar-refractivity contribution in [1.29, 1.82) is 0 Å². The molecule has 0 bridgehead atoms. The topological polar surface area (TPSA) is 0 Å². The summed E-state index contributed by atoms with van der Waals surface area (Å²) >= 11 is 0. The van der Waals surface area contributed by atoms with Crippen LogP contribution in [0.25, 0.3) is 0 Å². The minimum absolute atomic E-state index is 0.765. The lowest BCUT2D eigenvalue weighted by Gasteiger charge is -2.14. The molecule has 0 amide bonds. The molecule has 0 aromatic carbocycles. The highest BCUT2D eigenvalue weighted by Crippen LogP contribution is 2.19. The molecule has 2 atom stereocenters. The lowest BCUT2D eigenvalue weighted by atomic mass is 9.92. The molecular weight excluding hydrogens is 168 g/mol. The molecule has 84 valence electrons. The zero-order valence-corrected chi connectivity index (χ0v) is 10.6. The van der Waals surface area contributed by atoms with Crippen molar-refractivity contribution in [3.63, 3.8) is 0 Å². The van der Waals surface area contributed by atoms with E-state index < -0.39 is 0 Å². The zero-order valence-electron chi connectivity index (χ0n) is 10.6. The molecule has 0 spiro atoms. The molecule has 0 nitrogen and oxygen atoms in total. The summed E-state index contributed by atoms with van der Waals surface area (Å²) in [5.41, 5.74) is 0. The third-order valence-corrected chi connectivity index (χ3v) is 2.85. The van der Waals surface area contributed by atoms with Crippen molar-refractivity contribution in [3.05, 3.63) is 12.2 Å². The highest BCUT2D eigenvalue weighted by molar-refractivity contribution is 4.83. The maximum Gasteiger partial charge on any atom is -0.0260 e. The molecule has 0 N–H and O–H groups in total. The number of unbranched alkanes of at least 4 members (excludes halogenated alkanes) is 3. The number of rotatable bonds is 8. The summed E-state index contributed by atoms with van der Waals surface area (Å²) in [6.45, 7) is 9.11. The fourth-order valence-electron chi connectivity index (χ4n) is 2.08. The Morgan fingerprint density at radius 2 is 1.79 bits per heavy atom. The van der Waals surface area contributed by atoms with Gasteiger partial charge in [0, 0.05) is 0 Å². The van der Waals surface area contributed by atoms with Gasteiger partial charge in [-0.05, 0) is 25.2 Å². The molecular formula is C14H28. The van der Waals surface area contributed by atoms with E-state index in [4.69, 9.17) is 0 Å². The average molecular weight is 196 g/mol. The SMILES string of the molecule is C/C=C/C(C)CC(C)CCCCCC. The van der Waals surface area contributed by atoms with Gasteiger partial charge in [-0.2, -0.15) is 0 Å². The Morgan fingerprint density at radius 1 is 1.07 bits per heavy atom. The average Bonchev–Trinajstić information content (AvgIpc) is 2.13. The smallest absolute Gasteiger partial charge is 0.0260 e. The summed E-state index contributed by atoms with van der Waals surface area (Å²) in [7, 11) is 0. The van der Waals surface area contributed by atoms with Crippen LogP contribution in [0, 0.1) is 11.8 Å². The predicted octanol–water partition coefficient (Wildman–Crippen LogP) is 5.20. The van der Waals surface area contributed by atoms with Crippen LogP contribution in [0.1, 0.15) is 66.2 Å². The van der Waals surface area contributed by atoms with E-state index in [9.17, 15) is 0 Å². The van der Waals surface area contributed by atoms with Crippen molar-refractivity contribution in [2.45, 2.75) is 66.2 Å². The first-order valence-corrected chi connectivity index (χ1v) is 6.33. The van der Waals surface area contributed by atoms with Crippen LogP contribution in [-0.2, 0) is 0 Å². The second-order valence-electron chi connectivity index (χ2n) is 4.69. The van der Waals surface area contributed by atoms with Gasteiger partial charge in [0.15, 0.2) is 0 Å². The monoisotopic (exact) mass is 196 g/mol. The summed E-state index contributed by atoms with van der Waals surface area (Å²) in [6.07, 6.45) is 12.9. The largest absolute Gasteiger partial charge is 0.0914 e. The van der Waals surface area contributed by atoms with Crippen molar-refractivity contribution in [3.8, 4) is 0 Å². The fraction of sp³-hybridized carbons (Fsp3) is 0.857. The Balaban J connectivity index is 3.39. The molecule has 2 unspecified atom stereocenters. The molecule has 0 aliphatic rings. The van der Waals surface area contributed by atoms with E-state index in [-0.39, 0.29) is 0 Å². The van der Waals surface area contributed by atoms with E-state index in [1.807, 2.05) is 0 Å². The third kappa shape index (κ3) is 8.34. The molecule has 0 radical (unpaired) electrons. The molecule has 0 saturated heterocycles. The second kappa shape index (κ2) is 9.30. The van der Waals surface area contributed by atoms with E-state index in [1.54, 1.807) is 0 Å². The van der Waals surface area contributed by atoms with Crippen molar-refractivity contribution >= 4 is 0 Å². The number of hydrogen-bond acceptors (Lipinski definition) is 0. The Kier molecular flexibility index (Phi) is 9.13. The first kappa shape index (κ1) is 13.7. The van der Waals surface area contributed by atoms with E-state index in [2.05, 4.69) is 39.8 Å². The minimum atomic E-state index is 0.765. The van der Waals surface area contributed by atoms with Crippen LogP contribution in [0.5, 0.6) is 0 Å². The molecule has 0 fully saturated rings. The van der Waals surface area contributed by atoms with E-state index in [1.165, 1.54) is 38.5 Å². The summed E-state index contributed by atoms with van der Waals surface area (Å²) in [6, 6.07) is 0. The van der Waals surface area contributed by atoms with Crippen LogP contribution in [0.3, 0.4) is 0 Å². The van der Waals surface area contributed by atoms with Gasteiger partial charge in [0.2, 0.25) is 0 Å². The van der Waals surface area contributed by atoms with Crippen LogP contribution >= 0.6 is 0 Å². The normalized spacial score (nSPS) is 16.0. The quantitative estimate of drug-likeness (QED) is 0.370. The van der Waals surface area contributed by atoms with Crippen LogP contribution in [0.2, 0.25) is 0 Å². The van der Waals surface area contributed by atoms with Crippen molar-refractivity contribution in [2.75, 3.05) is 0 Å². The van der Waals surface area contributed by atoms with Gasteiger partial charge in [0.1, 0.15) is 0 Å². The Hall–Kier alpha value is -0.260. The lowest BCUT2D eigenvalue weighted by Crippen LogP contribution is -2.01. The van der Waals surface area contributed by atoms with Crippen molar-refractivity contribution in [1.82, 2.24) is 0 Å². The molecule has 0 heterocycles. The van der Waals surface area contributed by atoms with Crippen molar-refractivity contribution in [2.24, 2.45) is 11.8 Å². The molecule has 0 rings (SSSR count). The van der Waals surface area contributed by atoms with E-state index in [0.29, 0.717) is 0 Å². The van der Waals surface area contributed by atoms with Gasteiger partial charge in [-0.3, -0.25) is 0 Å². The van der Waals surface area contributed by atoms with Crippen LogP contribution in [-0.4, -0.2) is 0 Å². The summed E-state index contributed by atoms with van der Waals surface area (Å²) in [5, 5.41) is 0. The maximum absolute atomic E-state index is 2.39. The first-order valence-electron chi connectivity index (χ1n) is 6.33. The predicted molar refractivity (Wildman–Crippen MR) is 66.5 cm³/mol. The summed E-state index contributed by atoms with van der Waals surface area (Å²) in [5.74, 6) is 1.67. The number of allylic oxidation sites excluding steroid dienone is 2. The summed E-state index contributed by atoms with van der Waals surface area (Å²) in [4.78, 5) is 0.